The van der Waals surface area contributed by atoms with Crippen LogP contribution in [0.4, 0.5) is 0 Å². The van der Waals surface area contributed by atoms with Gasteiger partial charge in [-0.05, 0) is 225 Å². The van der Waals surface area contributed by atoms with Crippen LogP contribution in [0.15, 0.2) is 303 Å². The van der Waals surface area contributed by atoms with Gasteiger partial charge in [-0.3, -0.25) is 0 Å². The lowest BCUT2D eigenvalue weighted by molar-refractivity contribution is 1.57. The second-order valence-corrected chi connectivity index (χ2v) is 22.2. The molecular formula is C82H50. The van der Waals surface area contributed by atoms with E-state index >= 15 is 0 Å². The van der Waals surface area contributed by atoms with E-state index in [1.807, 2.05) is 0 Å². The van der Waals surface area contributed by atoms with E-state index in [2.05, 4.69) is 303 Å². The van der Waals surface area contributed by atoms with Gasteiger partial charge in [-0.1, -0.05) is 255 Å². The van der Waals surface area contributed by atoms with E-state index in [0.29, 0.717) is 0 Å². The number of benzene rings is 15. The first-order valence-corrected chi connectivity index (χ1v) is 28.6. The minimum Gasteiger partial charge on any atom is -0.0622 e. The summed E-state index contributed by atoms with van der Waals surface area (Å²) in [5.74, 6) is 0. The zero-order chi connectivity index (χ0) is 53.8. The first-order valence-electron chi connectivity index (χ1n) is 28.6. The number of rotatable bonds is 8. The molecule has 0 atom stereocenters. The monoisotopic (exact) mass is 1030 g/mol. The molecule has 0 unspecified atom stereocenters. The van der Waals surface area contributed by atoms with E-state index in [4.69, 9.17) is 0 Å². The third-order valence-corrected chi connectivity index (χ3v) is 17.7. The molecule has 0 bridgehead atoms. The summed E-state index contributed by atoms with van der Waals surface area (Å²) in [6.07, 6.45) is 0. The zero-order valence-electron chi connectivity index (χ0n) is 44.9. The van der Waals surface area contributed by atoms with Crippen molar-refractivity contribution in [3.05, 3.63) is 303 Å². The van der Waals surface area contributed by atoms with Crippen LogP contribution in [0, 0.1) is 0 Å². The van der Waals surface area contributed by atoms with E-state index in [-0.39, 0.29) is 0 Å². The molecule has 2 aliphatic rings. The predicted molar refractivity (Wildman–Crippen MR) is 349 cm³/mol. The fraction of sp³-hybridized carbons (Fsp3) is 0. The van der Waals surface area contributed by atoms with Gasteiger partial charge in [0.05, 0.1) is 0 Å². The van der Waals surface area contributed by atoms with E-state index < -0.39 is 0 Å². The van der Waals surface area contributed by atoms with Crippen molar-refractivity contribution >= 4 is 43.1 Å². The fourth-order valence-corrected chi connectivity index (χ4v) is 14.2. The van der Waals surface area contributed by atoms with Gasteiger partial charge in [-0.15, -0.1) is 0 Å². The zero-order valence-corrected chi connectivity index (χ0v) is 44.9. The van der Waals surface area contributed by atoms with Crippen molar-refractivity contribution in [2.75, 3.05) is 0 Å². The summed E-state index contributed by atoms with van der Waals surface area (Å²) in [4.78, 5) is 0. The van der Waals surface area contributed by atoms with Crippen LogP contribution in [0.5, 0.6) is 0 Å². The first kappa shape index (κ1) is 46.3. The molecule has 0 fully saturated rings. The van der Waals surface area contributed by atoms with Crippen LogP contribution in [0.1, 0.15) is 0 Å². The summed E-state index contributed by atoms with van der Waals surface area (Å²) < 4.78 is 0. The van der Waals surface area contributed by atoms with Crippen molar-refractivity contribution in [2.45, 2.75) is 0 Å². The third kappa shape index (κ3) is 7.12. The van der Waals surface area contributed by atoms with Gasteiger partial charge in [0.15, 0.2) is 0 Å². The van der Waals surface area contributed by atoms with Gasteiger partial charge in [-0.2, -0.15) is 0 Å². The Labute approximate surface area is 477 Å². The van der Waals surface area contributed by atoms with Crippen LogP contribution in [0.2, 0.25) is 0 Å². The van der Waals surface area contributed by atoms with Gasteiger partial charge in [0, 0.05) is 0 Å². The Kier molecular flexibility index (Phi) is 10.4. The second-order valence-electron chi connectivity index (χ2n) is 22.2. The highest BCUT2D eigenvalue weighted by molar-refractivity contribution is 6.33. The summed E-state index contributed by atoms with van der Waals surface area (Å²) >= 11 is 0. The largest absolute Gasteiger partial charge is 0.0622 e. The molecule has 0 nitrogen and oxygen atoms in total. The van der Waals surface area contributed by atoms with Gasteiger partial charge >= 0.3 is 0 Å². The molecule has 17 rings (SSSR count). The van der Waals surface area contributed by atoms with E-state index in [1.165, 1.54) is 177 Å². The molecule has 0 saturated heterocycles. The average Bonchev–Trinajstić information content (AvgIpc) is 1.66. The molecule has 0 aromatic heterocycles. The van der Waals surface area contributed by atoms with Crippen LogP contribution in [0.25, 0.3) is 177 Å². The smallest absolute Gasteiger partial charge is 0.000740 e. The minimum atomic E-state index is 1.19. The van der Waals surface area contributed by atoms with Gasteiger partial charge in [0.2, 0.25) is 0 Å². The normalized spacial score (nSPS) is 11.9. The summed E-state index contributed by atoms with van der Waals surface area (Å²) in [5, 5.41) is 10.1. The van der Waals surface area contributed by atoms with Gasteiger partial charge in [0.25, 0.3) is 0 Å². The molecule has 15 aromatic carbocycles. The Morgan fingerprint density at radius 3 is 0.683 bits per heavy atom. The average molecular weight is 1040 g/mol. The summed E-state index contributed by atoms with van der Waals surface area (Å²) in [5.41, 5.74) is 29.8. The molecule has 0 amide bonds. The Morgan fingerprint density at radius 2 is 0.366 bits per heavy atom. The predicted octanol–water partition coefficient (Wildman–Crippen LogP) is 22.9. The molecule has 0 spiro atoms. The minimum absolute atomic E-state index is 1.19. The van der Waals surface area contributed by atoms with Crippen molar-refractivity contribution in [3.8, 4) is 134 Å². The highest BCUT2D eigenvalue weighted by atomic mass is 14.4. The molecule has 0 saturated carbocycles. The maximum atomic E-state index is 2.57. The summed E-state index contributed by atoms with van der Waals surface area (Å²) in [6.45, 7) is 0. The lowest BCUT2D eigenvalue weighted by Gasteiger charge is -2.21. The molecule has 82 heavy (non-hydrogen) atoms. The number of fused-ring (bicyclic) bond motifs is 9. The molecule has 0 aliphatic heterocycles. The van der Waals surface area contributed by atoms with Crippen LogP contribution in [-0.4, -0.2) is 0 Å². The van der Waals surface area contributed by atoms with Gasteiger partial charge < -0.3 is 0 Å². The van der Waals surface area contributed by atoms with Crippen LogP contribution in [0.3, 0.4) is 0 Å². The molecule has 0 heteroatoms. The molecule has 15 aromatic rings. The summed E-state index contributed by atoms with van der Waals surface area (Å²) in [6, 6.07) is 113. The van der Waals surface area contributed by atoms with Crippen LogP contribution >= 0.6 is 0 Å². The maximum Gasteiger partial charge on any atom is -0.000740 e. The van der Waals surface area contributed by atoms with Crippen LogP contribution in [-0.2, 0) is 0 Å². The quantitative estimate of drug-likeness (QED) is 0.133. The highest BCUT2D eigenvalue weighted by Gasteiger charge is 2.35. The van der Waals surface area contributed by atoms with E-state index in [0.717, 1.165) is 0 Å². The fourth-order valence-electron chi connectivity index (χ4n) is 14.2. The number of hydrogen-bond acceptors (Lipinski definition) is 0. The summed E-state index contributed by atoms with van der Waals surface area (Å²) in [7, 11) is 0. The molecule has 0 heterocycles. The Bertz CT molecular complexity index is 4650. The van der Waals surface area contributed by atoms with Crippen molar-refractivity contribution in [1.82, 2.24) is 0 Å². The Hall–Kier alpha value is -10.7. The molecule has 0 radical (unpaired) electrons. The highest BCUT2D eigenvalue weighted by Crippen LogP contribution is 2.62. The third-order valence-electron chi connectivity index (χ3n) is 17.7. The maximum absolute atomic E-state index is 2.57. The Morgan fingerprint density at radius 1 is 0.122 bits per heavy atom. The molecule has 2 aliphatic carbocycles. The number of hydrogen-bond donors (Lipinski definition) is 0. The standard InChI is InChI=1S/C82H50/c1-7-23-51(24-8-1)57-43-58(52-25-9-2-10-26-52)46-61(45-57)75-63-35-19-20-36-64(63)76(62-47-59(53-27-11-3-12-28-53)44-60(48-62)54-29-13-4-14-30-54)74-50-72-68-40-42-70-80-69(41-39-67(79(68)80)71(72)49-73(74)75)81-77(55-31-15-5-16-32-55)65-37-21-22-38-66(65)78(82(70)81)56-33-17-6-18-34-56/h1-50H. The topological polar surface area (TPSA) is 0 Å². The SMILES string of the molecule is c1ccc(-c2cc(-c3ccccc3)cc(-c3c4ccccc4c(-c4cc(-c5ccccc5)cc(-c5ccccc5)c4)c4cc5c(cc34)-c3ccc4c6c(ccc-5c36)-c3c-4c(-c4ccccc4)c4ccccc4c3-c3ccccc3)c2)cc1. The lowest BCUT2D eigenvalue weighted by Crippen LogP contribution is -1.94. The van der Waals surface area contributed by atoms with Gasteiger partial charge in [0.1, 0.15) is 0 Å². The lowest BCUT2D eigenvalue weighted by atomic mass is 9.81. The van der Waals surface area contributed by atoms with Crippen molar-refractivity contribution in [1.29, 1.82) is 0 Å². The van der Waals surface area contributed by atoms with Crippen molar-refractivity contribution in [2.24, 2.45) is 0 Å². The molecular weight excluding hydrogens is 985 g/mol. The van der Waals surface area contributed by atoms with Crippen molar-refractivity contribution in [3.63, 3.8) is 0 Å². The second kappa shape index (κ2) is 18.5. The molecule has 378 valence electrons. The van der Waals surface area contributed by atoms with E-state index in [1.54, 1.807) is 0 Å². The Balaban J connectivity index is 0.995. The van der Waals surface area contributed by atoms with Gasteiger partial charge in [-0.25, -0.2) is 0 Å². The first-order chi connectivity index (χ1) is 40.7. The van der Waals surface area contributed by atoms with E-state index in [9.17, 15) is 0 Å². The van der Waals surface area contributed by atoms with Crippen LogP contribution < -0.4 is 0 Å². The van der Waals surface area contributed by atoms with Crippen molar-refractivity contribution < 1.29 is 0 Å². The molecule has 0 N–H and O–H groups in total.